The van der Waals surface area contributed by atoms with Crippen molar-refractivity contribution in [2.24, 2.45) is 5.73 Å². The summed E-state index contributed by atoms with van der Waals surface area (Å²) in [5, 5.41) is 6.56. The van der Waals surface area contributed by atoms with E-state index in [4.69, 9.17) is 5.73 Å². The predicted octanol–water partition coefficient (Wildman–Crippen LogP) is 2.79. The Labute approximate surface area is 120 Å². The van der Waals surface area contributed by atoms with Gasteiger partial charge in [0, 0.05) is 30.4 Å². The van der Waals surface area contributed by atoms with Gasteiger partial charge in [-0.05, 0) is 11.6 Å². The Balaban J connectivity index is 0.00000200. The van der Waals surface area contributed by atoms with Crippen molar-refractivity contribution in [1.29, 1.82) is 0 Å². The summed E-state index contributed by atoms with van der Waals surface area (Å²) in [5.41, 5.74) is 12.0. The van der Waals surface area contributed by atoms with Gasteiger partial charge >= 0.3 is 0 Å². The van der Waals surface area contributed by atoms with Crippen LogP contribution in [-0.4, -0.2) is 13.6 Å². The van der Waals surface area contributed by atoms with Gasteiger partial charge < -0.3 is 22.5 Å². The third-order valence-corrected chi connectivity index (χ3v) is 3.27. The SMILES string of the molecule is C=C/C1=C(C=C)/C(NC)=C(/N)c2ccccc2NC1.N. The Kier molecular flexibility index (Phi) is 5.17. The van der Waals surface area contributed by atoms with Crippen LogP contribution in [0, 0.1) is 0 Å². The van der Waals surface area contributed by atoms with Crippen LogP contribution >= 0.6 is 0 Å². The van der Waals surface area contributed by atoms with E-state index in [2.05, 4.69) is 23.8 Å². The number of hydrogen-bond donors (Lipinski definition) is 4. The minimum Gasteiger partial charge on any atom is -0.396 e. The summed E-state index contributed by atoms with van der Waals surface area (Å²) >= 11 is 0. The number of fused-ring (bicyclic) bond motifs is 1. The van der Waals surface area contributed by atoms with Crippen molar-refractivity contribution in [1.82, 2.24) is 11.5 Å². The third-order valence-electron chi connectivity index (χ3n) is 3.27. The largest absolute Gasteiger partial charge is 0.396 e. The fourth-order valence-corrected chi connectivity index (χ4v) is 2.28. The zero-order chi connectivity index (χ0) is 13.8. The van der Waals surface area contributed by atoms with E-state index >= 15 is 0 Å². The highest BCUT2D eigenvalue weighted by molar-refractivity contribution is 5.80. The van der Waals surface area contributed by atoms with Crippen LogP contribution in [0.15, 0.2) is 66.4 Å². The van der Waals surface area contributed by atoms with Crippen molar-refractivity contribution >= 4 is 11.4 Å². The summed E-state index contributed by atoms with van der Waals surface area (Å²) in [6.07, 6.45) is 3.65. The van der Waals surface area contributed by atoms with Gasteiger partial charge in [0.15, 0.2) is 0 Å². The second-order valence-corrected chi connectivity index (χ2v) is 4.28. The molecule has 106 valence electrons. The molecule has 0 spiro atoms. The van der Waals surface area contributed by atoms with Crippen molar-refractivity contribution in [3.8, 4) is 0 Å². The van der Waals surface area contributed by atoms with Crippen LogP contribution in [0.1, 0.15) is 5.56 Å². The molecular weight excluding hydrogens is 248 g/mol. The van der Waals surface area contributed by atoms with Gasteiger partial charge in [0.05, 0.1) is 11.4 Å². The van der Waals surface area contributed by atoms with E-state index in [-0.39, 0.29) is 6.15 Å². The molecule has 2 rings (SSSR count). The topological polar surface area (TPSA) is 85.1 Å². The van der Waals surface area contributed by atoms with Crippen molar-refractivity contribution in [2.45, 2.75) is 0 Å². The molecule has 0 radical (unpaired) electrons. The highest BCUT2D eigenvalue weighted by Crippen LogP contribution is 2.29. The molecule has 1 aliphatic rings. The summed E-state index contributed by atoms with van der Waals surface area (Å²) in [5.74, 6) is 0. The van der Waals surface area contributed by atoms with Crippen LogP contribution in [0.5, 0.6) is 0 Å². The van der Waals surface area contributed by atoms with Crippen molar-refractivity contribution in [2.75, 3.05) is 18.9 Å². The van der Waals surface area contributed by atoms with Gasteiger partial charge in [0.25, 0.3) is 0 Å². The Bertz CT molecular complexity index is 582. The highest BCUT2D eigenvalue weighted by atomic mass is 14.9. The maximum atomic E-state index is 6.31. The van der Waals surface area contributed by atoms with E-state index in [0.717, 1.165) is 28.1 Å². The average Bonchev–Trinajstić information content (AvgIpc) is 2.45. The van der Waals surface area contributed by atoms with Crippen LogP contribution in [-0.2, 0) is 0 Å². The summed E-state index contributed by atoms with van der Waals surface area (Å²) in [6, 6.07) is 8.00. The number of allylic oxidation sites excluding steroid dienone is 1. The van der Waals surface area contributed by atoms with Gasteiger partial charge in [0.1, 0.15) is 0 Å². The molecule has 7 N–H and O–H groups in total. The first kappa shape index (κ1) is 15.6. The van der Waals surface area contributed by atoms with Crippen molar-refractivity contribution in [3.05, 3.63) is 72.0 Å². The quantitative estimate of drug-likeness (QED) is 0.680. The monoisotopic (exact) mass is 270 g/mol. The van der Waals surface area contributed by atoms with Crippen molar-refractivity contribution in [3.63, 3.8) is 0 Å². The molecule has 0 fully saturated rings. The smallest absolute Gasteiger partial charge is 0.0655 e. The number of hydrogen-bond acceptors (Lipinski definition) is 4. The molecule has 1 heterocycles. The maximum absolute atomic E-state index is 6.31. The second kappa shape index (κ2) is 6.63. The van der Waals surface area contributed by atoms with Crippen molar-refractivity contribution < 1.29 is 0 Å². The minimum atomic E-state index is 0. The summed E-state index contributed by atoms with van der Waals surface area (Å²) in [6.45, 7) is 8.44. The average molecular weight is 270 g/mol. The zero-order valence-corrected chi connectivity index (χ0v) is 11.9. The van der Waals surface area contributed by atoms with E-state index in [1.807, 2.05) is 43.5 Å². The summed E-state index contributed by atoms with van der Waals surface area (Å²) in [7, 11) is 1.87. The maximum Gasteiger partial charge on any atom is 0.0655 e. The number of para-hydroxylation sites is 1. The molecular formula is C16H22N4. The molecule has 20 heavy (non-hydrogen) atoms. The molecule has 0 bridgehead atoms. The molecule has 0 saturated heterocycles. The van der Waals surface area contributed by atoms with Gasteiger partial charge in [-0.1, -0.05) is 43.5 Å². The standard InChI is InChI=1S/C16H19N3.H3N/c1-4-11-10-19-14-9-7-6-8-13(14)15(17)16(18-3)12(11)5-2;/h4-9,18-19H,1-2,10,17H2,3H3;1H3/b12-11-,16-15-;. The molecule has 4 nitrogen and oxygen atoms in total. The number of likely N-dealkylation sites (N-methyl/N-ethyl adjacent to an activating group) is 1. The summed E-state index contributed by atoms with van der Waals surface area (Å²) in [4.78, 5) is 0. The number of nitrogens with one attached hydrogen (secondary N) is 2. The van der Waals surface area contributed by atoms with E-state index < -0.39 is 0 Å². The van der Waals surface area contributed by atoms with E-state index in [1.54, 1.807) is 0 Å². The highest BCUT2D eigenvalue weighted by Gasteiger charge is 2.16. The molecule has 1 aromatic rings. The number of rotatable bonds is 3. The second-order valence-electron chi connectivity index (χ2n) is 4.28. The Hall–Kier alpha value is -2.46. The van der Waals surface area contributed by atoms with Gasteiger partial charge in [-0.15, -0.1) is 0 Å². The third kappa shape index (κ3) is 2.60. The molecule has 4 heteroatoms. The van der Waals surface area contributed by atoms with Crippen LogP contribution in [0.25, 0.3) is 5.70 Å². The molecule has 1 aliphatic heterocycles. The molecule has 1 aromatic carbocycles. The Morgan fingerprint density at radius 2 is 1.95 bits per heavy atom. The molecule has 0 atom stereocenters. The lowest BCUT2D eigenvalue weighted by atomic mass is 9.97. The number of benzene rings is 1. The van der Waals surface area contributed by atoms with E-state index in [1.165, 1.54) is 0 Å². The molecule has 0 aromatic heterocycles. The van der Waals surface area contributed by atoms with Gasteiger partial charge in [-0.3, -0.25) is 0 Å². The molecule has 0 amide bonds. The fourth-order valence-electron chi connectivity index (χ4n) is 2.28. The van der Waals surface area contributed by atoms with Crippen LogP contribution < -0.4 is 22.5 Å². The lowest BCUT2D eigenvalue weighted by molar-refractivity contribution is 0.996. The first-order chi connectivity index (χ1) is 9.22. The minimum absolute atomic E-state index is 0. The predicted molar refractivity (Wildman–Crippen MR) is 87.5 cm³/mol. The van der Waals surface area contributed by atoms with Gasteiger partial charge in [-0.2, -0.15) is 0 Å². The molecule has 0 unspecified atom stereocenters. The van der Waals surface area contributed by atoms with Gasteiger partial charge in [-0.25, -0.2) is 0 Å². The molecule has 0 aliphatic carbocycles. The van der Waals surface area contributed by atoms with Crippen LogP contribution in [0.3, 0.4) is 0 Å². The normalized spacial score (nSPS) is 21.4. The first-order valence-electron chi connectivity index (χ1n) is 6.22. The molecule has 0 saturated carbocycles. The fraction of sp³-hybridized carbons (Fsp3) is 0.125. The lowest BCUT2D eigenvalue weighted by Gasteiger charge is -2.22. The zero-order valence-electron chi connectivity index (χ0n) is 11.9. The lowest BCUT2D eigenvalue weighted by Crippen LogP contribution is -2.20. The number of anilines is 1. The summed E-state index contributed by atoms with van der Waals surface area (Å²) < 4.78 is 0. The first-order valence-corrected chi connectivity index (χ1v) is 6.22. The van der Waals surface area contributed by atoms with Crippen LogP contribution in [0.4, 0.5) is 5.69 Å². The van der Waals surface area contributed by atoms with Gasteiger partial charge in [0.2, 0.25) is 0 Å². The Morgan fingerprint density at radius 3 is 2.55 bits per heavy atom. The van der Waals surface area contributed by atoms with E-state index in [9.17, 15) is 0 Å². The number of nitrogens with two attached hydrogens (primary N) is 1. The Morgan fingerprint density at radius 1 is 1.25 bits per heavy atom. The van der Waals surface area contributed by atoms with Crippen LogP contribution in [0.2, 0.25) is 0 Å². The van der Waals surface area contributed by atoms with E-state index in [0.29, 0.717) is 12.2 Å².